The summed E-state index contributed by atoms with van der Waals surface area (Å²) in [5.41, 5.74) is 5.78. The molecule has 0 aliphatic heterocycles. The fourth-order valence-corrected chi connectivity index (χ4v) is 1.21. The Labute approximate surface area is 85.9 Å². The van der Waals surface area contributed by atoms with Crippen LogP contribution >= 0.6 is 0 Å². The number of rotatable bonds is 2. The van der Waals surface area contributed by atoms with Gasteiger partial charge in [-0.15, -0.1) is 0 Å². The molecule has 1 aromatic heterocycles. The number of carbonyl (C=O) groups excluding carboxylic acids is 1. The van der Waals surface area contributed by atoms with E-state index in [1.807, 2.05) is 30.3 Å². The van der Waals surface area contributed by atoms with E-state index in [4.69, 9.17) is 5.73 Å². The maximum absolute atomic E-state index is 10.5. The summed E-state index contributed by atoms with van der Waals surface area (Å²) in [6.45, 7) is 0. The highest BCUT2D eigenvalue weighted by Crippen LogP contribution is 2.17. The number of imidazole rings is 1. The van der Waals surface area contributed by atoms with Crippen LogP contribution in [0.15, 0.2) is 36.5 Å². The van der Waals surface area contributed by atoms with E-state index in [9.17, 15) is 4.79 Å². The van der Waals surface area contributed by atoms with E-state index in [1.165, 1.54) is 6.20 Å². The summed E-state index contributed by atoms with van der Waals surface area (Å²) in [5.74, 6) is 0.869. The van der Waals surface area contributed by atoms with Gasteiger partial charge >= 0.3 is 6.09 Å². The molecule has 0 bridgehead atoms. The lowest BCUT2D eigenvalue weighted by atomic mass is 10.2. The zero-order chi connectivity index (χ0) is 10.7. The van der Waals surface area contributed by atoms with E-state index in [2.05, 4.69) is 14.7 Å². The predicted octanol–water partition coefficient (Wildman–Crippen LogP) is 1.53. The zero-order valence-corrected chi connectivity index (χ0v) is 7.81. The Morgan fingerprint density at radius 1 is 1.33 bits per heavy atom. The number of aromatic amines is 1. The molecule has 2 rings (SSSR count). The number of nitrogens with two attached hydrogens (primary N) is 1. The molecule has 0 atom stereocenters. The van der Waals surface area contributed by atoms with Gasteiger partial charge in [-0.05, 0) is 0 Å². The van der Waals surface area contributed by atoms with Crippen molar-refractivity contribution in [3.63, 3.8) is 0 Å². The average molecular weight is 203 g/mol. The molecule has 76 valence electrons. The number of primary amides is 1. The number of benzene rings is 1. The van der Waals surface area contributed by atoms with E-state index >= 15 is 0 Å². The third-order valence-corrected chi connectivity index (χ3v) is 1.81. The Morgan fingerprint density at radius 2 is 2.07 bits per heavy atom. The first kappa shape index (κ1) is 9.26. The number of carbonyl (C=O) groups is 1. The molecule has 0 aliphatic carbocycles. The monoisotopic (exact) mass is 203 g/mol. The van der Waals surface area contributed by atoms with Crippen molar-refractivity contribution >= 4 is 6.09 Å². The summed E-state index contributed by atoms with van der Waals surface area (Å²) in [7, 11) is 0. The van der Waals surface area contributed by atoms with Crippen LogP contribution in [0.5, 0.6) is 5.88 Å². The maximum Gasteiger partial charge on any atom is 0.411 e. The van der Waals surface area contributed by atoms with Crippen molar-refractivity contribution in [3.8, 4) is 17.3 Å². The smallest absolute Gasteiger partial charge is 0.392 e. The molecule has 15 heavy (non-hydrogen) atoms. The summed E-state index contributed by atoms with van der Waals surface area (Å²) < 4.78 is 4.64. The summed E-state index contributed by atoms with van der Waals surface area (Å²) >= 11 is 0. The lowest BCUT2D eigenvalue weighted by Crippen LogP contribution is -2.16. The van der Waals surface area contributed by atoms with Crippen molar-refractivity contribution < 1.29 is 9.53 Å². The van der Waals surface area contributed by atoms with Crippen molar-refractivity contribution in [2.45, 2.75) is 0 Å². The first-order chi connectivity index (χ1) is 7.25. The normalized spacial score (nSPS) is 9.87. The molecule has 0 spiro atoms. The molecular formula is C10H9N3O2. The van der Waals surface area contributed by atoms with Gasteiger partial charge in [0.05, 0.1) is 6.20 Å². The molecule has 5 nitrogen and oxygen atoms in total. The second-order valence-corrected chi connectivity index (χ2v) is 2.88. The highest BCUT2D eigenvalue weighted by atomic mass is 16.6. The van der Waals surface area contributed by atoms with Crippen LogP contribution in [-0.2, 0) is 0 Å². The second kappa shape index (κ2) is 3.83. The van der Waals surface area contributed by atoms with Crippen LogP contribution < -0.4 is 10.5 Å². The number of nitrogens with one attached hydrogen (secondary N) is 1. The molecule has 0 radical (unpaired) electrons. The fourth-order valence-electron chi connectivity index (χ4n) is 1.21. The molecule has 3 N–H and O–H groups in total. The molecule has 0 fully saturated rings. The van der Waals surface area contributed by atoms with Crippen LogP contribution in [0.1, 0.15) is 0 Å². The average Bonchev–Trinajstić information content (AvgIpc) is 2.67. The van der Waals surface area contributed by atoms with Gasteiger partial charge in [0.15, 0.2) is 0 Å². The SMILES string of the molecule is NC(=O)Oc1cnc(-c2ccccc2)[nH]1. The van der Waals surface area contributed by atoms with Crippen LogP contribution in [0.3, 0.4) is 0 Å². The largest absolute Gasteiger partial charge is 0.411 e. The summed E-state index contributed by atoms with van der Waals surface area (Å²) in [4.78, 5) is 17.3. The molecule has 1 heterocycles. The Hall–Kier alpha value is -2.30. The highest BCUT2D eigenvalue weighted by Gasteiger charge is 2.05. The van der Waals surface area contributed by atoms with Crippen LogP contribution in [0.2, 0.25) is 0 Å². The number of ether oxygens (including phenoxy) is 1. The molecule has 2 aromatic rings. The van der Waals surface area contributed by atoms with Crippen LogP contribution in [0.4, 0.5) is 4.79 Å². The van der Waals surface area contributed by atoms with Crippen LogP contribution in [-0.4, -0.2) is 16.1 Å². The molecule has 0 aliphatic rings. The topological polar surface area (TPSA) is 81.0 Å². The van der Waals surface area contributed by atoms with Gasteiger partial charge in [0.25, 0.3) is 0 Å². The minimum atomic E-state index is -0.863. The third kappa shape index (κ3) is 2.14. The van der Waals surface area contributed by atoms with Crippen molar-refractivity contribution in [1.29, 1.82) is 0 Å². The van der Waals surface area contributed by atoms with E-state index < -0.39 is 6.09 Å². The maximum atomic E-state index is 10.5. The summed E-state index contributed by atoms with van der Waals surface area (Å²) in [6, 6.07) is 9.49. The summed E-state index contributed by atoms with van der Waals surface area (Å²) in [5, 5.41) is 0. The molecule has 1 aromatic carbocycles. The van der Waals surface area contributed by atoms with Gasteiger partial charge in [-0.3, -0.25) is 0 Å². The van der Waals surface area contributed by atoms with Gasteiger partial charge in [0.1, 0.15) is 5.82 Å². The lowest BCUT2D eigenvalue weighted by molar-refractivity contribution is 0.209. The Kier molecular flexibility index (Phi) is 2.37. The van der Waals surface area contributed by atoms with E-state index in [0.717, 1.165) is 5.56 Å². The Bertz CT molecular complexity index is 465. The second-order valence-electron chi connectivity index (χ2n) is 2.88. The number of H-pyrrole nitrogens is 1. The molecule has 5 heteroatoms. The zero-order valence-electron chi connectivity index (χ0n) is 7.81. The van der Waals surface area contributed by atoms with Gasteiger partial charge in [-0.2, -0.15) is 0 Å². The molecule has 0 saturated heterocycles. The Balaban J connectivity index is 2.24. The van der Waals surface area contributed by atoms with Gasteiger partial charge in [-0.25, -0.2) is 9.78 Å². The predicted molar refractivity (Wildman–Crippen MR) is 54.2 cm³/mol. The van der Waals surface area contributed by atoms with Gasteiger partial charge in [-0.1, -0.05) is 30.3 Å². The third-order valence-electron chi connectivity index (χ3n) is 1.81. The van der Waals surface area contributed by atoms with Crippen LogP contribution in [0.25, 0.3) is 11.4 Å². The molecule has 0 unspecified atom stereocenters. The fraction of sp³-hybridized carbons (Fsp3) is 0. The van der Waals surface area contributed by atoms with Crippen molar-refractivity contribution in [1.82, 2.24) is 9.97 Å². The molecule has 1 amide bonds. The minimum absolute atomic E-state index is 0.237. The number of hydrogen-bond donors (Lipinski definition) is 2. The number of amides is 1. The van der Waals surface area contributed by atoms with E-state index in [-0.39, 0.29) is 5.88 Å². The Morgan fingerprint density at radius 3 is 2.73 bits per heavy atom. The highest BCUT2D eigenvalue weighted by molar-refractivity contribution is 5.67. The van der Waals surface area contributed by atoms with Gasteiger partial charge in [0.2, 0.25) is 5.88 Å². The lowest BCUT2D eigenvalue weighted by Gasteiger charge is -1.95. The number of hydrogen-bond acceptors (Lipinski definition) is 3. The molecular weight excluding hydrogens is 194 g/mol. The van der Waals surface area contributed by atoms with E-state index in [1.54, 1.807) is 0 Å². The molecule has 0 saturated carbocycles. The number of aromatic nitrogens is 2. The first-order valence-corrected chi connectivity index (χ1v) is 4.33. The first-order valence-electron chi connectivity index (χ1n) is 4.33. The van der Waals surface area contributed by atoms with E-state index in [0.29, 0.717) is 5.82 Å². The van der Waals surface area contributed by atoms with Crippen molar-refractivity contribution in [2.24, 2.45) is 5.73 Å². The number of nitrogens with zero attached hydrogens (tertiary/aromatic N) is 1. The van der Waals surface area contributed by atoms with Crippen molar-refractivity contribution in [2.75, 3.05) is 0 Å². The standard InChI is InChI=1S/C10H9N3O2/c11-10(14)15-8-6-12-9(13-8)7-4-2-1-3-5-7/h1-6H,(H2,11,14)(H,12,13). The van der Waals surface area contributed by atoms with Gasteiger partial charge < -0.3 is 15.5 Å². The van der Waals surface area contributed by atoms with Crippen LogP contribution in [0, 0.1) is 0 Å². The van der Waals surface area contributed by atoms with Crippen molar-refractivity contribution in [3.05, 3.63) is 36.5 Å². The minimum Gasteiger partial charge on any atom is -0.392 e. The summed E-state index contributed by atoms with van der Waals surface area (Å²) in [6.07, 6.45) is 0.547. The van der Waals surface area contributed by atoms with Gasteiger partial charge in [0, 0.05) is 5.56 Å². The quantitative estimate of drug-likeness (QED) is 0.776.